The number of anilines is 4. The number of aromatic amines is 1. The van der Waals surface area contributed by atoms with Gasteiger partial charge in [-0.25, -0.2) is 19.2 Å². The number of hydrogen-bond acceptors (Lipinski definition) is 15. The zero-order valence-corrected chi connectivity index (χ0v) is 32.2. The van der Waals surface area contributed by atoms with Crippen molar-refractivity contribution < 1.29 is 23.5 Å². The van der Waals surface area contributed by atoms with Crippen LogP contribution in [0.5, 0.6) is 0 Å². The number of methoxy groups -OCH3 is 2. The van der Waals surface area contributed by atoms with E-state index < -0.39 is 12.0 Å². The number of H-pyrrole nitrogens is 1. The summed E-state index contributed by atoms with van der Waals surface area (Å²) in [5.41, 5.74) is 4.22. The van der Waals surface area contributed by atoms with E-state index in [2.05, 4.69) is 68.5 Å². The lowest BCUT2D eigenvalue weighted by molar-refractivity contribution is -0.141. The number of aliphatic imine (C=N–C) groups is 2. The third-order valence-electron chi connectivity index (χ3n) is 9.11. The number of rotatable bonds is 16. The molecule has 0 saturated carbocycles. The number of imidazole rings is 1. The summed E-state index contributed by atoms with van der Waals surface area (Å²) in [5.74, 6) is -0.134. The fourth-order valence-electron chi connectivity index (χ4n) is 6.25. The highest BCUT2D eigenvalue weighted by Gasteiger charge is 2.26. The van der Waals surface area contributed by atoms with Crippen LogP contribution in [0, 0.1) is 17.1 Å². The Labute approximate surface area is 333 Å². The number of hydrogen-bond donors (Lipinski definition) is 4. The van der Waals surface area contributed by atoms with Gasteiger partial charge in [-0.3, -0.25) is 14.7 Å². The molecule has 4 N–H and O–H groups in total. The molecule has 0 unspecified atom stereocenters. The fourth-order valence-corrected chi connectivity index (χ4v) is 6.25. The van der Waals surface area contributed by atoms with Gasteiger partial charge in [0.2, 0.25) is 23.7 Å². The van der Waals surface area contributed by atoms with E-state index in [4.69, 9.17) is 9.47 Å². The first kappa shape index (κ1) is 40.4. The van der Waals surface area contributed by atoms with Gasteiger partial charge in [-0.1, -0.05) is 24.3 Å². The average Bonchev–Trinajstić information content (AvgIpc) is 3.65. The van der Waals surface area contributed by atoms with Crippen LogP contribution in [0.1, 0.15) is 29.4 Å². The van der Waals surface area contributed by atoms with Crippen molar-refractivity contribution in [1.29, 1.82) is 5.26 Å². The van der Waals surface area contributed by atoms with Crippen LogP contribution in [-0.4, -0.2) is 106 Å². The highest BCUT2D eigenvalue weighted by molar-refractivity contribution is 5.94. The van der Waals surface area contributed by atoms with E-state index in [9.17, 15) is 19.2 Å². The number of fused-ring (bicyclic) bond motifs is 1. The van der Waals surface area contributed by atoms with Gasteiger partial charge in [-0.05, 0) is 67.2 Å². The Balaban J connectivity index is 1.18. The lowest BCUT2D eigenvalue weighted by Crippen LogP contribution is -2.48. The summed E-state index contributed by atoms with van der Waals surface area (Å²) in [6.07, 6.45) is 1.75. The number of aromatic nitrogens is 5. The molecule has 3 heterocycles. The minimum absolute atomic E-state index is 0.0706. The molecule has 0 bridgehead atoms. The van der Waals surface area contributed by atoms with Crippen LogP contribution in [0.3, 0.4) is 0 Å². The Kier molecular flexibility index (Phi) is 13.3. The minimum atomic E-state index is -0.882. The van der Waals surface area contributed by atoms with E-state index in [1.807, 2.05) is 24.3 Å². The van der Waals surface area contributed by atoms with Gasteiger partial charge in [0.25, 0.3) is 5.91 Å². The minimum Gasteiger partial charge on any atom is -0.479 e. The van der Waals surface area contributed by atoms with E-state index in [-0.39, 0.29) is 54.1 Å². The lowest BCUT2D eigenvalue weighted by atomic mass is 10.0. The number of nitrogens with zero attached hydrogens (tertiary/aromatic N) is 9. The largest absolute Gasteiger partial charge is 0.479 e. The standard InChI is InChI=1S/C40H42FN13O4/c1-5-44-35(57-3)34(43-2)36(55)54-17-15-53(16-18-54)24-27-7-6-8-29(19-27)46-39-50-38(45-23-33-47-30-14-13-28(41)21-31(30)48-33)51-40(52-39)49-32(37(56)58-4)20-25-9-11-26(22-42)12-10-25/h5-14,19,21,32H,2,15-18,20,23-24H2,1,3-4H3,(H,47,48)(H3,45,46,49,50,51,52)/b35-34+,44-5?/t32-/m0/s1. The number of ether oxygens (including phenoxy) is 2. The number of nitrogens with one attached hydrogen (secondary N) is 4. The van der Waals surface area contributed by atoms with Crippen molar-refractivity contribution in [2.45, 2.75) is 32.5 Å². The molecule has 3 aromatic carbocycles. The van der Waals surface area contributed by atoms with Gasteiger partial charge < -0.3 is 35.3 Å². The second kappa shape index (κ2) is 19.1. The molecule has 298 valence electrons. The number of esters is 1. The van der Waals surface area contributed by atoms with Crippen molar-refractivity contribution in [1.82, 2.24) is 34.7 Å². The van der Waals surface area contributed by atoms with E-state index in [0.717, 1.165) is 11.1 Å². The van der Waals surface area contributed by atoms with E-state index in [1.165, 1.54) is 32.6 Å². The van der Waals surface area contributed by atoms with Crippen molar-refractivity contribution in [2.75, 3.05) is 56.3 Å². The highest BCUT2D eigenvalue weighted by Crippen LogP contribution is 2.22. The van der Waals surface area contributed by atoms with E-state index in [1.54, 1.807) is 42.2 Å². The number of nitriles is 1. The zero-order chi connectivity index (χ0) is 41.0. The van der Waals surface area contributed by atoms with Crippen molar-refractivity contribution >= 4 is 59.4 Å². The smallest absolute Gasteiger partial charge is 0.328 e. The van der Waals surface area contributed by atoms with Gasteiger partial charge in [-0.15, -0.1) is 0 Å². The molecule has 6 rings (SSSR count). The Bertz CT molecular complexity index is 2370. The van der Waals surface area contributed by atoms with Gasteiger partial charge in [-0.2, -0.15) is 20.2 Å². The summed E-state index contributed by atoms with van der Waals surface area (Å²) in [7, 11) is 2.73. The molecule has 1 fully saturated rings. The summed E-state index contributed by atoms with van der Waals surface area (Å²) < 4.78 is 24.2. The molecular formula is C40H42FN13O4. The molecule has 18 heteroatoms. The number of benzene rings is 3. The first-order chi connectivity index (χ1) is 28.2. The second-order valence-corrected chi connectivity index (χ2v) is 13.0. The van der Waals surface area contributed by atoms with Crippen LogP contribution in [0.25, 0.3) is 11.0 Å². The van der Waals surface area contributed by atoms with Crippen molar-refractivity contribution in [3.05, 3.63) is 107 Å². The second-order valence-electron chi connectivity index (χ2n) is 13.0. The summed E-state index contributed by atoms with van der Waals surface area (Å²) in [6, 6.07) is 20.2. The SMILES string of the molecule is C=N/C(C(=O)N1CCN(Cc2cccc(Nc3nc(NCc4nc5ccc(F)cc5[nH]4)nc(N[C@@H](Cc4ccc(C#N)cc4)C(=O)OC)n3)c2)CC1)=C(\N=CC)OC. The normalized spacial score (nSPS) is 14.0. The predicted molar refractivity (Wildman–Crippen MR) is 217 cm³/mol. The molecule has 1 aliphatic heterocycles. The highest BCUT2D eigenvalue weighted by atomic mass is 19.1. The maximum Gasteiger partial charge on any atom is 0.328 e. The number of piperazine rings is 1. The van der Waals surface area contributed by atoms with E-state index >= 15 is 0 Å². The summed E-state index contributed by atoms with van der Waals surface area (Å²) in [6.45, 7) is 8.29. The molecule has 58 heavy (non-hydrogen) atoms. The quantitative estimate of drug-likeness (QED) is 0.0468. The van der Waals surface area contributed by atoms with Gasteiger partial charge in [0, 0.05) is 51.0 Å². The van der Waals surface area contributed by atoms with Crippen LogP contribution in [0.2, 0.25) is 0 Å². The topological polar surface area (TPSA) is 211 Å². The Morgan fingerprint density at radius 1 is 0.983 bits per heavy atom. The third kappa shape index (κ3) is 10.3. The van der Waals surface area contributed by atoms with Gasteiger partial charge in [0.05, 0.1) is 43.4 Å². The Hall–Kier alpha value is -7.26. The molecule has 1 atom stereocenters. The van der Waals surface area contributed by atoms with Gasteiger partial charge in [0.15, 0.2) is 5.70 Å². The molecule has 0 aliphatic carbocycles. The summed E-state index contributed by atoms with van der Waals surface area (Å²) in [5, 5.41) is 18.7. The molecule has 1 saturated heterocycles. The maximum absolute atomic E-state index is 13.8. The van der Waals surface area contributed by atoms with E-state index in [0.29, 0.717) is 60.8 Å². The van der Waals surface area contributed by atoms with Crippen molar-refractivity contribution in [3.8, 4) is 6.07 Å². The Morgan fingerprint density at radius 3 is 2.45 bits per heavy atom. The fraction of sp³-hybridized carbons (Fsp3) is 0.275. The van der Waals surface area contributed by atoms with Crippen LogP contribution >= 0.6 is 0 Å². The molecule has 5 aromatic rings. The maximum atomic E-state index is 13.8. The predicted octanol–water partition coefficient (Wildman–Crippen LogP) is 4.56. The van der Waals surface area contributed by atoms with Gasteiger partial charge >= 0.3 is 5.97 Å². The first-order valence-corrected chi connectivity index (χ1v) is 18.3. The number of amides is 1. The summed E-state index contributed by atoms with van der Waals surface area (Å²) >= 11 is 0. The molecule has 0 spiro atoms. The molecule has 0 radical (unpaired) electrons. The molecule has 17 nitrogen and oxygen atoms in total. The Morgan fingerprint density at radius 2 is 1.74 bits per heavy atom. The average molecular weight is 788 g/mol. The van der Waals surface area contributed by atoms with Crippen LogP contribution < -0.4 is 16.0 Å². The first-order valence-electron chi connectivity index (χ1n) is 18.3. The van der Waals surface area contributed by atoms with Crippen LogP contribution in [-0.2, 0) is 38.6 Å². The zero-order valence-electron chi connectivity index (χ0n) is 32.2. The van der Waals surface area contributed by atoms with Crippen LogP contribution in [0.4, 0.5) is 27.9 Å². The van der Waals surface area contributed by atoms with Crippen LogP contribution in [0.15, 0.2) is 88.3 Å². The van der Waals surface area contributed by atoms with Gasteiger partial charge in [0.1, 0.15) is 17.7 Å². The number of halogens is 1. The number of carbonyl (C=O) groups is 2. The van der Waals surface area contributed by atoms with Crippen molar-refractivity contribution in [2.24, 2.45) is 9.98 Å². The number of carbonyl (C=O) groups excluding carboxylic acids is 2. The third-order valence-corrected chi connectivity index (χ3v) is 9.11. The molecule has 2 aromatic heterocycles. The summed E-state index contributed by atoms with van der Waals surface area (Å²) in [4.78, 5) is 59.4. The molecule has 1 amide bonds. The monoisotopic (exact) mass is 787 g/mol. The lowest BCUT2D eigenvalue weighted by Gasteiger charge is -2.34. The molecule has 1 aliphatic rings. The van der Waals surface area contributed by atoms with Crippen molar-refractivity contribution in [3.63, 3.8) is 0 Å². The molecular weight excluding hydrogens is 746 g/mol.